The maximum Gasteiger partial charge on any atom is 0.326 e. The van der Waals surface area contributed by atoms with Gasteiger partial charge in [-0.1, -0.05) is 30.3 Å². The van der Waals surface area contributed by atoms with E-state index in [-0.39, 0.29) is 25.0 Å². The molecule has 0 radical (unpaired) electrons. The number of phenols is 1. The molecule has 14 heteroatoms. The van der Waals surface area contributed by atoms with Gasteiger partial charge < -0.3 is 47.0 Å². The number of nitrogens with one attached hydrogen (secondary N) is 5. The Labute approximate surface area is 245 Å². The molecule has 226 valence electrons. The van der Waals surface area contributed by atoms with Gasteiger partial charge in [0.25, 0.3) is 0 Å². The van der Waals surface area contributed by atoms with E-state index in [1.807, 2.05) is 24.3 Å². The smallest absolute Gasteiger partial charge is 0.326 e. The predicted octanol–water partition coefficient (Wildman–Crippen LogP) is -0.517. The summed E-state index contributed by atoms with van der Waals surface area (Å²) in [6.45, 7) is -0.837. The number of aliphatic hydroxyl groups is 1. The quantitative estimate of drug-likeness (QED) is 0.0916. The molecule has 0 spiro atoms. The molecule has 10 N–H and O–H groups in total. The summed E-state index contributed by atoms with van der Waals surface area (Å²) in [6.07, 6.45) is 4.73. The maximum absolute atomic E-state index is 13.5. The molecule has 4 unspecified atom stereocenters. The van der Waals surface area contributed by atoms with E-state index in [0.29, 0.717) is 16.8 Å². The second kappa shape index (κ2) is 14.1. The number of aromatic amines is 2. The third-order valence-electron chi connectivity index (χ3n) is 6.87. The Morgan fingerprint density at radius 1 is 0.837 bits per heavy atom. The number of carboxylic acid groups (broad SMARTS) is 1. The molecule has 0 aliphatic carbocycles. The summed E-state index contributed by atoms with van der Waals surface area (Å²) < 4.78 is 0. The van der Waals surface area contributed by atoms with Crippen LogP contribution in [0.5, 0.6) is 5.75 Å². The van der Waals surface area contributed by atoms with Crippen LogP contribution in [0.15, 0.2) is 67.3 Å². The molecule has 0 bridgehead atoms. The van der Waals surface area contributed by atoms with E-state index in [2.05, 4.69) is 30.9 Å². The minimum absolute atomic E-state index is 0.000682. The monoisotopic (exact) mass is 591 g/mol. The van der Waals surface area contributed by atoms with Crippen molar-refractivity contribution in [1.29, 1.82) is 0 Å². The summed E-state index contributed by atoms with van der Waals surface area (Å²) in [5.74, 6) is -3.68. The Balaban J connectivity index is 1.48. The van der Waals surface area contributed by atoms with Crippen molar-refractivity contribution in [3.05, 3.63) is 84.1 Å². The van der Waals surface area contributed by atoms with Crippen molar-refractivity contribution in [2.24, 2.45) is 5.73 Å². The van der Waals surface area contributed by atoms with Crippen molar-refractivity contribution < 1.29 is 34.5 Å². The molecular weight excluding hydrogens is 558 g/mol. The van der Waals surface area contributed by atoms with E-state index in [0.717, 1.165) is 10.9 Å². The van der Waals surface area contributed by atoms with Crippen LogP contribution < -0.4 is 21.7 Å². The van der Waals surface area contributed by atoms with Crippen LogP contribution in [-0.2, 0) is 38.4 Å². The van der Waals surface area contributed by atoms with Crippen molar-refractivity contribution in [3.63, 3.8) is 0 Å². The van der Waals surface area contributed by atoms with Crippen molar-refractivity contribution in [3.8, 4) is 5.75 Å². The summed E-state index contributed by atoms with van der Waals surface area (Å²) in [7, 11) is 0. The number of phenolic OH excluding ortho intramolecular Hbond substituents is 1. The fourth-order valence-corrected chi connectivity index (χ4v) is 4.54. The number of imidazole rings is 1. The van der Waals surface area contributed by atoms with Crippen LogP contribution in [0, 0.1) is 0 Å². The van der Waals surface area contributed by atoms with Gasteiger partial charge >= 0.3 is 5.97 Å². The lowest BCUT2D eigenvalue weighted by Crippen LogP contribution is -2.58. The number of amides is 3. The SMILES string of the molecule is NC(Cc1cnc[nH]1)C(=O)NC(Cc1c[nH]c2ccccc12)C(=O)NC(CO)C(=O)NC(Cc1ccc(O)cc1)C(=O)O. The fraction of sp³-hybridized carbons (Fsp3) is 0.276. The summed E-state index contributed by atoms with van der Waals surface area (Å²) in [5, 5.41) is 37.3. The normalized spacial score (nSPS) is 13.9. The summed E-state index contributed by atoms with van der Waals surface area (Å²) >= 11 is 0. The third-order valence-corrected chi connectivity index (χ3v) is 6.87. The molecule has 0 aliphatic heterocycles. The number of benzene rings is 2. The zero-order valence-corrected chi connectivity index (χ0v) is 23.0. The second-order valence-corrected chi connectivity index (χ2v) is 10.0. The Morgan fingerprint density at radius 2 is 1.51 bits per heavy atom. The first-order valence-electron chi connectivity index (χ1n) is 13.4. The van der Waals surface area contributed by atoms with Gasteiger partial charge in [0.1, 0.15) is 23.9 Å². The third kappa shape index (κ3) is 8.18. The summed E-state index contributed by atoms with van der Waals surface area (Å²) in [5.41, 5.74) is 8.76. The number of hydrogen-bond donors (Lipinski definition) is 9. The topological polar surface area (TPSA) is 236 Å². The molecule has 0 saturated carbocycles. The van der Waals surface area contributed by atoms with Crippen LogP contribution in [0.25, 0.3) is 10.9 Å². The lowest BCUT2D eigenvalue weighted by atomic mass is 10.0. The van der Waals surface area contributed by atoms with E-state index < -0.39 is 54.5 Å². The van der Waals surface area contributed by atoms with Crippen LogP contribution in [-0.4, -0.2) is 84.7 Å². The van der Waals surface area contributed by atoms with E-state index >= 15 is 0 Å². The second-order valence-electron chi connectivity index (χ2n) is 10.0. The minimum Gasteiger partial charge on any atom is -0.508 e. The van der Waals surface area contributed by atoms with E-state index in [9.17, 15) is 34.5 Å². The Hall–Kier alpha value is -5.21. The number of para-hydroxylation sites is 1. The van der Waals surface area contributed by atoms with Crippen molar-refractivity contribution in [2.75, 3.05) is 6.61 Å². The van der Waals surface area contributed by atoms with Gasteiger partial charge in [0.15, 0.2) is 0 Å². The summed E-state index contributed by atoms with van der Waals surface area (Å²) in [4.78, 5) is 61.2. The lowest BCUT2D eigenvalue weighted by molar-refractivity contribution is -0.142. The lowest BCUT2D eigenvalue weighted by Gasteiger charge is -2.24. The number of carboxylic acids is 1. The van der Waals surface area contributed by atoms with Crippen LogP contribution in [0.1, 0.15) is 16.8 Å². The first-order valence-corrected chi connectivity index (χ1v) is 13.4. The number of carbonyl (C=O) groups excluding carboxylic acids is 3. The van der Waals surface area contributed by atoms with Gasteiger partial charge in [-0.3, -0.25) is 14.4 Å². The molecule has 4 aromatic rings. The molecule has 2 aromatic carbocycles. The van der Waals surface area contributed by atoms with Gasteiger partial charge in [-0.05, 0) is 29.3 Å². The van der Waals surface area contributed by atoms with Gasteiger partial charge in [-0.2, -0.15) is 0 Å². The number of H-pyrrole nitrogens is 2. The van der Waals surface area contributed by atoms with E-state index in [1.54, 1.807) is 6.20 Å². The van der Waals surface area contributed by atoms with Crippen molar-refractivity contribution in [1.82, 2.24) is 30.9 Å². The van der Waals surface area contributed by atoms with Crippen molar-refractivity contribution in [2.45, 2.75) is 43.4 Å². The highest BCUT2D eigenvalue weighted by molar-refractivity contribution is 5.95. The average molecular weight is 592 g/mol. The largest absolute Gasteiger partial charge is 0.508 e. The fourth-order valence-electron chi connectivity index (χ4n) is 4.54. The molecule has 0 saturated heterocycles. The number of nitrogens with zero attached hydrogens (tertiary/aromatic N) is 1. The number of hydrogen-bond acceptors (Lipinski definition) is 8. The number of aliphatic hydroxyl groups excluding tert-OH is 1. The van der Waals surface area contributed by atoms with Crippen LogP contribution in [0.3, 0.4) is 0 Å². The Kier molecular flexibility index (Phi) is 10.1. The maximum atomic E-state index is 13.5. The van der Waals surface area contributed by atoms with Gasteiger partial charge in [0, 0.05) is 48.3 Å². The highest BCUT2D eigenvalue weighted by Crippen LogP contribution is 2.19. The van der Waals surface area contributed by atoms with E-state index in [1.165, 1.54) is 36.8 Å². The number of rotatable bonds is 14. The Bertz CT molecular complexity index is 1550. The zero-order chi connectivity index (χ0) is 30.9. The molecule has 2 aromatic heterocycles. The number of carbonyl (C=O) groups is 4. The average Bonchev–Trinajstić information content (AvgIpc) is 3.66. The number of nitrogens with two attached hydrogens (primary N) is 1. The van der Waals surface area contributed by atoms with E-state index in [4.69, 9.17) is 5.73 Å². The molecule has 4 atom stereocenters. The first-order chi connectivity index (χ1) is 20.6. The molecule has 2 heterocycles. The minimum atomic E-state index is -1.52. The van der Waals surface area contributed by atoms with Crippen LogP contribution in [0.2, 0.25) is 0 Å². The van der Waals surface area contributed by atoms with Gasteiger partial charge in [0.05, 0.1) is 19.0 Å². The molecule has 4 rings (SSSR count). The standard InChI is InChI=1S/C29H33N7O7/c30-21(11-18-13-31-15-33-18)26(39)34-23(10-17-12-32-22-4-2-1-3-20(17)22)27(40)36-25(14-37)28(41)35-24(29(42)43)9-16-5-7-19(38)8-6-16/h1-8,12-13,15,21,23-25,32,37-38H,9-11,14,30H2,(H,31,33)(H,34,39)(H,35,41)(H,36,40)(H,42,43). The van der Waals surface area contributed by atoms with Gasteiger partial charge in [-0.15, -0.1) is 0 Å². The van der Waals surface area contributed by atoms with Crippen LogP contribution >= 0.6 is 0 Å². The number of aromatic hydroxyl groups is 1. The number of aliphatic carboxylic acids is 1. The van der Waals surface area contributed by atoms with Crippen LogP contribution in [0.4, 0.5) is 0 Å². The molecule has 43 heavy (non-hydrogen) atoms. The van der Waals surface area contributed by atoms with Crippen molar-refractivity contribution >= 4 is 34.6 Å². The van der Waals surface area contributed by atoms with Gasteiger partial charge in [0.2, 0.25) is 17.7 Å². The van der Waals surface area contributed by atoms with Gasteiger partial charge in [-0.25, -0.2) is 9.78 Å². The Morgan fingerprint density at radius 3 is 2.19 bits per heavy atom. The molecule has 0 aliphatic rings. The molecular formula is C29H33N7O7. The molecule has 0 fully saturated rings. The highest BCUT2D eigenvalue weighted by atomic mass is 16.4. The molecule has 3 amide bonds. The number of aromatic nitrogens is 3. The zero-order valence-electron chi connectivity index (χ0n) is 23.0. The predicted molar refractivity (Wildman–Crippen MR) is 155 cm³/mol. The highest BCUT2D eigenvalue weighted by Gasteiger charge is 2.31. The first kappa shape index (κ1) is 30.7. The number of fused-ring (bicyclic) bond motifs is 1. The molecule has 14 nitrogen and oxygen atoms in total. The summed E-state index contributed by atoms with van der Waals surface area (Å²) in [6, 6.07) is 8.06.